The number of carbonyl (C=O) groups excluding carboxylic acids is 1. The Kier molecular flexibility index (Phi) is 4.29. The molecule has 2 aromatic heterocycles. The third-order valence-corrected chi connectivity index (χ3v) is 3.80. The summed E-state index contributed by atoms with van der Waals surface area (Å²) in [6.07, 6.45) is 3.50. The fraction of sp³-hybridized carbons (Fsp3) is 0.188. The number of nitrogens with one attached hydrogen (secondary N) is 2. The van der Waals surface area contributed by atoms with Crippen LogP contribution in [0.3, 0.4) is 0 Å². The topological polar surface area (TPSA) is 119 Å². The van der Waals surface area contributed by atoms with E-state index < -0.39 is 10.8 Å². The summed E-state index contributed by atoms with van der Waals surface area (Å²) < 4.78 is 1.71. The number of hydrogen-bond acceptors (Lipinski definition) is 5. The van der Waals surface area contributed by atoms with Crippen molar-refractivity contribution in [2.24, 2.45) is 0 Å². The average molecular weight is 340 g/mol. The predicted octanol–water partition coefficient (Wildman–Crippen LogP) is 2.30. The number of carbonyl (C=O) groups is 1. The number of amides is 1. The van der Waals surface area contributed by atoms with Crippen LogP contribution in [-0.2, 0) is 0 Å². The van der Waals surface area contributed by atoms with E-state index in [1.807, 2.05) is 36.5 Å². The smallest absolute Gasteiger partial charge is 0.322 e. The van der Waals surface area contributed by atoms with Crippen molar-refractivity contribution in [3.8, 4) is 5.69 Å². The van der Waals surface area contributed by atoms with Crippen LogP contribution in [0.15, 0.2) is 42.7 Å². The van der Waals surface area contributed by atoms with Gasteiger partial charge in [0.2, 0.25) is 5.69 Å². The Bertz CT molecular complexity index is 916. The van der Waals surface area contributed by atoms with Gasteiger partial charge < -0.3 is 5.32 Å². The zero-order valence-corrected chi connectivity index (χ0v) is 13.6. The van der Waals surface area contributed by atoms with Crippen molar-refractivity contribution in [2.45, 2.75) is 19.9 Å². The summed E-state index contributed by atoms with van der Waals surface area (Å²) in [5, 5.41) is 24.2. The van der Waals surface area contributed by atoms with Gasteiger partial charge in [-0.05, 0) is 37.6 Å². The predicted molar refractivity (Wildman–Crippen MR) is 89.4 cm³/mol. The Labute approximate surface area is 142 Å². The summed E-state index contributed by atoms with van der Waals surface area (Å²) in [7, 11) is 0. The Hall–Kier alpha value is -3.49. The quantitative estimate of drug-likeness (QED) is 0.545. The summed E-state index contributed by atoms with van der Waals surface area (Å²) in [6.45, 7) is 3.30. The van der Waals surface area contributed by atoms with Crippen LogP contribution < -0.4 is 5.32 Å². The summed E-state index contributed by atoms with van der Waals surface area (Å²) in [5.74, 6) is -0.604. The van der Waals surface area contributed by atoms with E-state index in [0.717, 1.165) is 11.3 Å². The van der Waals surface area contributed by atoms with Gasteiger partial charge in [0.15, 0.2) is 0 Å². The van der Waals surface area contributed by atoms with Crippen LogP contribution in [0.4, 0.5) is 5.69 Å². The average Bonchev–Trinajstić information content (AvgIpc) is 3.24. The fourth-order valence-corrected chi connectivity index (χ4v) is 2.51. The maximum absolute atomic E-state index is 12.4. The molecule has 1 amide bonds. The van der Waals surface area contributed by atoms with Crippen molar-refractivity contribution in [1.82, 2.24) is 25.3 Å². The molecule has 0 saturated carbocycles. The highest BCUT2D eigenvalue weighted by Crippen LogP contribution is 2.22. The highest BCUT2D eigenvalue weighted by molar-refractivity contribution is 5.96. The molecule has 0 radical (unpaired) electrons. The van der Waals surface area contributed by atoms with Gasteiger partial charge in [-0.25, -0.2) is 4.68 Å². The van der Waals surface area contributed by atoms with Crippen molar-refractivity contribution in [2.75, 3.05) is 0 Å². The van der Waals surface area contributed by atoms with E-state index in [4.69, 9.17) is 0 Å². The van der Waals surface area contributed by atoms with Crippen molar-refractivity contribution in [3.05, 3.63) is 69.8 Å². The van der Waals surface area contributed by atoms with Gasteiger partial charge in [0.1, 0.15) is 5.69 Å². The van der Waals surface area contributed by atoms with Gasteiger partial charge in [0.25, 0.3) is 5.91 Å². The molecule has 2 N–H and O–H groups in total. The van der Waals surface area contributed by atoms with Crippen molar-refractivity contribution in [1.29, 1.82) is 0 Å². The van der Waals surface area contributed by atoms with Crippen LogP contribution >= 0.6 is 0 Å². The van der Waals surface area contributed by atoms with Gasteiger partial charge in [-0.3, -0.25) is 20.0 Å². The van der Waals surface area contributed by atoms with Gasteiger partial charge in [0.05, 0.1) is 16.7 Å². The SMILES string of the molecule is Cc1[nH]nc(C(=O)N[C@@H](C)c2cccc(-n3cccn3)c2)c1[N+](=O)[O-]. The third-order valence-electron chi connectivity index (χ3n) is 3.80. The van der Waals surface area contributed by atoms with Crippen molar-refractivity contribution < 1.29 is 9.72 Å². The van der Waals surface area contributed by atoms with Gasteiger partial charge in [-0.1, -0.05) is 12.1 Å². The highest BCUT2D eigenvalue weighted by Gasteiger charge is 2.28. The molecule has 0 aliphatic heterocycles. The van der Waals surface area contributed by atoms with Gasteiger partial charge in [-0.15, -0.1) is 0 Å². The van der Waals surface area contributed by atoms with Crippen LogP contribution in [-0.4, -0.2) is 30.8 Å². The Morgan fingerprint density at radius 1 is 1.40 bits per heavy atom. The van der Waals surface area contributed by atoms with E-state index in [0.29, 0.717) is 0 Å². The van der Waals surface area contributed by atoms with E-state index in [2.05, 4.69) is 20.6 Å². The van der Waals surface area contributed by atoms with Crippen LogP contribution in [0.25, 0.3) is 5.69 Å². The number of aromatic amines is 1. The number of rotatable bonds is 5. The van der Waals surface area contributed by atoms with E-state index in [1.54, 1.807) is 17.8 Å². The van der Waals surface area contributed by atoms with Crippen molar-refractivity contribution in [3.63, 3.8) is 0 Å². The molecule has 0 aliphatic carbocycles. The molecule has 9 heteroatoms. The molecule has 0 spiro atoms. The summed E-state index contributed by atoms with van der Waals surface area (Å²) in [5.41, 5.74) is 1.40. The minimum absolute atomic E-state index is 0.224. The second-order valence-corrected chi connectivity index (χ2v) is 5.54. The lowest BCUT2D eigenvalue weighted by Crippen LogP contribution is -2.27. The second-order valence-electron chi connectivity index (χ2n) is 5.54. The lowest BCUT2D eigenvalue weighted by atomic mass is 10.1. The van der Waals surface area contributed by atoms with E-state index in [-0.39, 0.29) is 23.1 Å². The second kappa shape index (κ2) is 6.56. The lowest BCUT2D eigenvalue weighted by molar-refractivity contribution is -0.385. The minimum atomic E-state index is -0.614. The number of nitrogens with zero attached hydrogens (tertiary/aromatic N) is 4. The number of benzene rings is 1. The van der Waals surface area contributed by atoms with Gasteiger partial charge in [0, 0.05) is 12.4 Å². The first kappa shape index (κ1) is 16.4. The third kappa shape index (κ3) is 3.25. The van der Waals surface area contributed by atoms with Crippen molar-refractivity contribution >= 4 is 11.6 Å². The highest BCUT2D eigenvalue weighted by atomic mass is 16.6. The van der Waals surface area contributed by atoms with Gasteiger partial charge in [-0.2, -0.15) is 10.2 Å². The molecular formula is C16H16N6O3. The molecule has 3 rings (SSSR count). The molecule has 3 aromatic rings. The Morgan fingerprint density at radius 2 is 2.20 bits per heavy atom. The molecule has 25 heavy (non-hydrogen) atoms. The molecule has 1 aromatic carbocycles. The van der Waals surface area contributed by atoms with Crippen LogP contribution in [0.1, 0.15) is 34.7 Å². The van der Waals surface area contributed by atoms with E-state index in [9.17, 15) is 14.9 Å². The molecule has 128 valence electrons. The van der Waals surface area contributed by atoms with E-state index in [1.165, 1.54) is 6.92 Å². The van der Waals surface area contributed by atoms with Gasteiger partial charge >= 0.3 is 5.69 Å². The molecule has 9 nitrogen and oxygen atoms in total. The molecule has 0 aliphatic rings. The normalized spacial score (nSPS) is 11.9. The lowest BCUT2D eigenvalue weighted by Gasteiger charge is -2.14. The minimum Gasteiger partial charge on any atom is -0.344 e. The number of aromatic nitrogens is 4. The number of nitro groups is 1. The summed E-state index contributed by atoms with van der Waals surface area (Å²) in [6, 6.07) is 8.96. The zero-order valence-electron chi connectivity index (χ0n) is 13.6. The number of aryl methyl sites for hydroxylation is 1. The van der Waals surface area contributed by atoms with E-state index >= 15 is 0 Å². The first-order valence-electron chi connectivity index (χ1n) is 7.57. The molecule has 2 heterocycles. The Morgan fingerprint density at radius 3 is 2.88 bits per heavy atom. The first-order valence-corrected chi connectivity index (χ1v) is 7.57. The van der Waals surface area contributed by atoms with Crippen LogP contribution in [0.2, 0.25) is 0 Å². The molecular weight excluding hydrogens is 324 g/mol. The zero-order chi connectivity index (χ0) is 18.0. The largest absolute Gasteiger partial charge is 0.344 e. The summed E-state index contributed by atoms with van der Waals surface area (Å²) in [4.78, 5) is 22.8. The molecule has 1 atom stereocenters. The molecule has 0 unspecified atom stereocenters. The standard InChI is InChI=1S/C16H16N6O3/c1-10(12-5-3-6-13(9-12)21-8-4-7-17-21)18-16(23)14-15(22(24)25)11(2)19-20-14/h3-10H,1-2H3,(H,18,23)(H,19,20)/t10-/m0/s1. The van der Waals surface area contributed by atoms with Crippen LogP contribution in [0, 0.1) is 17.0 Å². The fourth-order valence-electron chi connectivity index (χ4n) is 2.51. The molecule has 0 fully saturated rings. The number of H-pyrrole nitrogens is 1. The van der Waals surface area contributed by atoms with Crippen LogP contribution in [0.5, 0.6) is 0 Å². The molecule has 0 saturated heterocycles. The molecule has 0 bridgehead atoms. The maximum Gasteiger partial charge on any atom is 0.322 e. The first-order chi connectivity index (χ1) is 12.0. The summed E-state index contributed by atoms with van der Waals surface area (Å²) >= 11 is 0. The number of hydrogen-bond donors (Lipinski definition) is 2. The maximum atomic E-state index is 12.4. The monoisotopic (exact) mass is 340 g/mol. The Balaban J connectivity index is 1.81.